The molecule has 2 heteroatoms. The fourth-order valence-corrected chi connectivity index (χ4v) is 5.31. The second-order valence-electron chi connectivity index (χ2n) is 9.08. The average molecular weight is 295 g/mol. The van der Waals surface area contributed by atoms with Crippen LogP contribution in [0.4, 0.5) is 0 Å². The summed E-state index contributed by atoms with van der Waals surface area (Å²) in [7, 11) is 0. The third-order valence-electron chi connectivity index (χ3n) is 7.14. The molecule has 21 heavy (non-hydrogen) atoms. The van der Waals surface area contributed by atoms with Crippen LogP contribution in [0.5, 0.6) is 0 Å². The maximum atomic E-state index is 6.37. The molecule has 2 saturated carbocycles. The molecule has 2 aliphatic rings. The van der Waals surface area contributed by atoms with Crippen LogP contribution in [0.3, 0.4) is 0 Å². The minimum absolute atomic E-state index is 0.0750. The Labute approximate surface area is 132 Å². The molecule has 0 aromatic rings. The molecule has 124 valence electrons. The first-order valence-corrected chi connectivity index (χ1v) is 9.23. The van der Waals surface area contributed by atoms with Crippen LogP contribution in [0.15, 0.2) is 0 Å². The van der Waals surface area contributed by atoms with E-state index in [1.54, 1.807) is 0 Å². The van der Waals surface area contributed by atoms with Crippen LogP contribution in [0.2, 0.25) is 0 Å². The summed E-state index contributed by atoms with van der Waals surface area (Å²) >= 11 is 0. The minimum Gasteiger partial charge on any atom is -0.327 e. The molecular weight excluding hydrogens is 256 g/mol. The largest absolute Gasteiger partial charge is 0.327 e. The van der Waals surface area contributed by atoms with Gasteiger partial charge in [-0.25, -0.2) is 0 Å². The molecule has 5 unspecified atom stereocenters. The van der Waals surface area contributed by atoms with Crippen LogP contribution in [-0.4, -0.2) is 11.6 Å². The number of hydrogen-bond acceptors (Lipinski definition) is 2. The Morgan fingerprint density at radius 1 is 1.00 bits per heavy atom. The van der Waals surface area contributed by atoms with Crippen LogP contribution in [0.1, 0.15) is 79.6 Å². The Hall–Kier alpha value is -0.0800. The van der Waals surface area contributed by atoms with E-state index in [1.807, 2.05) is 0 Å². The molecule has 4 N–H and O–H groups in total. The van der Waals surface area contributed by atoms with E-state index in [4.69, 9.17) is 11.5 Å². The molecule has 0 heterocycles. The summed E-state index contributed by atoms with van der Waals surface area (Å²) in [6.07, 6.45) is 8.86. The van der Waals surface area contributed by atoms with Gasteiger partial charge in [0.25, 0.3) is 0 Å². The van der Waals surface area contributed by atoms with Gasteiger partial charge in [0.2, 0.25) is 0 Å². The first kappa shape index (κ1) is 17.3. The van der Waals surface area contributed by atoms with Gasteiger partial charge in [-0.1, -0.05) is 34.1 Å². The standard InChI is InChI=1S/C19H38N2/c1-6-16(15-11-14(3)17(20)12-13(15)2)18(4)7-9-19(5,21)10-8-18/h13-17H,6-12,20-21H2,1-5H3. The molecule has 5 atom stereocenters. The molecule has 2 fully saturated rings. The van der Waals surface area contributed by atoms with E-state index in [2.05, 4.69) is 34.6 Å². The van der Waals surface area contributed by atoms with Crippen molar-refractivity contribution in [1.29, 1.82) is 0 Å². The smallest absolute Gasteiger partial charge is 0.0126 e. The molecule has 0 bridgehead atoms. The quantitative estimate of drug-likeness (QED) is 0.814. The summed E-state index contributed by atoms with van der Waals surface area (Å²) in [6.45, 7) is 12.0. The monoisotopic (exact) mass is 294 g/mol. The van der Waals surface area contributed by atoms with Crippen molar-refractivity contribution in [2.45, 2.75) is 91.1 Å². The molecule has 0 aliphatic heterocycles. The lowest BCUT2D eigenvalue weighted by molar-refractivity contribution is -0.000350. The van der Waals surface area contributed by atoms with Gasteiger partial charge in [-0.2, -0.15) is 0 Å². The average Bonchev–Trinajstić information content (AvgIpc) is 2.40. The first-order valence-electron chi connectivity index (χ1n) is 9.23. The van der Waals surface area contributed by atoms with Crippen LogP contribution >= 0.6 is 0 Å². The highest BCUT2D eigenvalue weighted by Crippen LogP contribution is 2.52. The molecule has 0 radical (unpaired) electrons. The number of nitrogens with two attached hydrogens (primary N) is 2. The van der Waals surface area contributed by atoms with Crippen molar-refractivity contribution in [1.82, 2.24) is 0 Å². The van der Waals surface area contributed by atoms with Gasteiger partial charge in [0.1, 0.15) is 0 Å². The van der Waals surface area contributed by atoms with Crippen molar-refractivity contribution in [2.24, 2.45) is 40.6 Å². The summed E-state index contributed by atoms with van der Waals surface area (Å²) in [6, 6.07) is 0.417. The minimum atomic E-state index is 0.0750. The van der Waals surface area contributed by atoms with Gasteiger partial charge < -0.3 is 11.5 Å². The first-order chi connectivity index (χ1) is 9.68. The Balaban J connectivity index is 2.12. The predicted molar refractivity (Wildman–Crippen MR) is 92.0 cm³/mol. The Morgan fingerprint density at radius 3 is 2.10 bits per heavy atom. The van der Waals surface area contributed by atoms with E-state index in [9.17, 15) is 0 Å². The predicted octanol–water partition coefficient (Wildman–Crippen LogP) is 4.32. The summed E-state index contributed by atoms with van der Waals surface area (Å²) in [5.74, 6) is 3.17. The van der Waals surface area contributed by atoms with E-state index in [-0.39, 0.29) is 5.54 Å². The molecule has 0 spiro atoms. The lowest BCUT2D eigenvalue weighted by Crippen LogP contribution is -2.49. The van der Waals surface area contributed by atoms with Crippen LogP contribution < -0.4 is 11.5 Å². The van der Waals surface area contributed by atoms with Crippen LogP contribution in [0.25, 0.3) is 0 Å². The van der Waals surface area contributed by atoms with Crippen LogP contribution in [-0.2, 0) is 0 Å². The van der Waals surface area contributed by atoms with Gasteiger partial charge in [-0.05, 0) is 74.5 Å². The number of hydrogen-bond donors (Lipinski definition) is 2. The zero-order valence-corrected chi connectivity index (χ0v) is 15.0. The van der Waals surface area contributed by atoms with E-state index >= 15 is 0 Å². The molecule has 2 rings (SSSR count). The normalized spacial score (nSPS) is 49.9. The topological polar surface area (TPSA) is 52.0 Å². The molecule has 2 aliphatic carbocycles. The van der Waals surface area contributed by atoms with Gasteiger partial charge in [0, 0.05) is 11.6 Å². The Morgan fingerprint density at radius 2 is 1.57 bits per heavy atom. The maximum Gasteiger partial charge on any atom is 0.0126 e. The summed E-state index contributed by atoms with van der Waals surface area (Å²) in [5, 5.41) is 0. The van der Waals surface area contributed by atoms with Gasteiger partial charge in [0.05, 0.1) is 0 Å². The zero-order chi connectivity index (χ0) is 15.8. The van der Waals surface area contributed by atoms with Crippen LogP contribution in [0, 0.1) is 29.1 Å². The lowest BCUT2D eigenvalue weighted by Gasteiger charge is -2.51. The third kappa shape index (κ3) is 3.64. The molecule has 0 aromatic heterocycles. The Kier molecular flexibility index (Phi) is 5.10. The van der Waals surface area contributed by atoms with Crippen molar-refractivity contribution >= 4 is 0 Å². The highest BCUT2D eigenvalue weighted by atomic mass is 14.7. The van der Waals surface area contributed by atoms with Crippen molar-refractivity contribution in [3.8, 4) is 0 Å². The van der Waals surface area contributed by atoms with Crippen molar-refractivity contribution < 1.29 is 0 Å². The van der Waals surface area contributed by atoms with E-state index in [0.717, 1.165) is 17.8 Å². The molecular formula is C19H38N2. The van der Waals surface area contributed by atoms with Gasteiger partial charge in [-0.15, -0.1) is 0 Å². The third-order valence-corrected chi connectivity index (χ3v) is 7.14. The van der Waals surface area contributed by atoms with Gasteiger partial charge >= 0.3 is 0 Å². The molecule has 0 saturated heterocycles. The number of rotatable bonds is 3. The molecule has 0 aromatic carbocycles. The van der Waals surface area contributed by atoms with E-state index in [0.29, 0.717) is 17.4 Å². The van der Waals surface area contributed by atoms with Crippen molar-refractivity contribution in [2.75, 3.05) is 0 Å². The Bertz CT molecular complexity index is 339. The molecule has 0 amide bonds. The van der Waals surface area contributed by atoms with E-state index < -0.39 is 0 Å². The second-order valence-corrected chi connectivity index (χ2v) is 9.08. The second kappa shape index (κ2) is 6.20. The highest BCUT2D eigenvalue weighted by Gasteiger charge is 2.45. The fraction of sp³-hybridized carbons (Fsp3) is 1.00. The summed E-state index contributed by atoms with van der Waals surface area (Å²) in [5.41, 5.74) is 13.2. The van der Waals surface area contributed by atoms with E-state index in [1.165, 1.54) is 44.9 Å². The fourth-order valence-electron chi connectivity index (χ4n) is 5.31. The SMILES string of the molecule is CCC(C1CC(C)C(N)CC1C)C1(C)CCC(C)(N)CC1. The maximum absolute atomic E-state index is 6.37. The highest BCUT2D eigenvalue weighted by molar-refractivity contribution is 4.98. The summed E-state index contributed by atoms with van der Waals surface area (Å²) in [4.78, 5) is 0. The molecule has 2 nitrogen and oxygen atoms in total. The van der Waals surface area contributed by atoms with Gasteiger partial charge in [-0.3, -0.25) is 0 Å². The van der Waals surface area contributed by atoms with Crippen molar-refractivity contribution in [3.63, 3.8) is 0 Å². The van der Waals surface area contributed by atoms with Gasteiger partial charge in [0.15, 0.2) is 0 Å². The zero-order valence-electron chi connectivity index (χ0n) is 15.0. The lowest BCUT2D eigenvalue weighted by atomic mass is 9.55. The van der Waals surface area contributed by atoms with Crippen molar-refractivity contribution in [3.05, 3.63) is 0 Å². The summed E-state index contributed by atoms with van der Waals surface area (Å²) < 4.78 is 0.